The van der Waals surface area contributed by atoms with Crippen molar-refractivity contribution in [3.05, 3.63) is 60.9 Å². The Hall–Kier alpha value is -4.34. The molecular weight excluding hydrogens is 476 g/mol. The van der Waals surface area contributed by atoms with E-state index in [2.05, 4.69) is 58.3 Å². The summed E-state index contributed by atoms with van der Waals surface area (Å²) in [4.78, 5) is 17.6. The molecule has 0 amide bonds. The number of piperazine rings is 2. The second-order valence-corrected chi connectivity index (χ2v) is 9.11. The first-order valence-electron chi connectivity index (χ1n) is 13.2. The first-order chi connectivity index (χ1) is 18.5. The van der Waals surface area contributed by atoms with Crippen LogP contribution < -0.4 is 21.3 Å². The van der Waals surface area contributed by atoms with E-state index in [1.807, 2.05) is 36.0 Å². The van der Waals surface area contributed by atoms with E-state index < -0.39 is 0 Å². The van der Waals surface area contributed by atoms with E-state index >= 15 is 0 Å². The normalized spacial score (nSPS) is 15.5. The number of nitrogens with two attached hydrogens (primary N) is 2. The van der Waals surface area contributed by atoms with Crippen LogP contribution in [0.3, 0.4) is 0 Å². The average Bonchev–Trinajstić information content (AvgIpc) is 2.98. The van der Waals surface area contributed by atoms with Gasteiger partial charge in [-0.1, -0.05) is 32.0 Å². The van der Waals surface area contributed by atoms with Crippen LogP contribution in [0, 0.1) is 10.8 Å². The van der Waals surface area contributed by atoms with Gasteiger partial charge in [0.1, 0.15) is 11.6 Å². The van der Waals surface area contributed by atoms with Crippen molar-refractivity contribution >= 4 is 23.6 Å². The molecule has 6 N–H and O–H groups in total. The number of pyridine rings is 2. The highest BCUT2D eigenvalue weighted by atomic mass is 15.3. The lowest BCUT2D eigenvalue weighted by atomic mass is 10.0. The molecule has 2 saturated heterocycles. The summed E-state index contributed by atoms with van der Waals surface area (Å²) >= 11 is 0. The number of nitrogens with zero attached hydrogens (tertiary/aromatic N) is 6. The molecule has 0 aliphatic carbocycles. The summed E-state index contributed by atoms with van der Waals surface area (Å²) in [5.74, 6) is 2.16. The van der Waals surface area contributed by atoms with Gasteiger partial charge in [-0.25, -0.2) is 9.97 Å². The summed E-state index contributed by atoms with van der Waals surface area (Å²) < 4.78 is 0. The van der Waals surface area contributed by atoms with Crippen LogP contribution in [0.4, 0.5) is 11.6 Å². The summed E-state index contributed by atoms with van der Waals surface area (Å²) in [5.41, 5.74) is 15.6. The van der Waals surface area contributed by atoms with Gasteiger partial charge in [-0.15, -0.1) is 0 Å². The summed E-state index contributed by atoms with van der Waals surface area (Å²) in [6, 6.07) is 16.8. The average molecular weight is 515 g/mol. The van der Waals surface area contributed by atoms with Crippen molar-refractivity contribution in [2.24, 2.45) is 11.5 Å². The Bertz CT molecular complexity index is 1120. The SMILES string of the molecule is CC.N=C(N)N1CCN(c2ccc(-c3cccc(-c4ccc(N5CCN(C(=N)N)CC5)nc4)c3)cn2)CC1. The molecule has 0 unspecified atom stereocenters. The first kappa shape index (κ1) is 26.7. The quantitative estimate of drug-likeness (QED) is 0.308. The van der Waals surface area contributed by atoms with Crippen LogP contribution in [0.15, 0.2) is 60.9 Å². The summed E-state index contributed by atoms with van der Waals surface area (Å²) in [7, 11) is 0. The first-order valence-corrected chi connectivity index (χ1v) is 13.2. The molecule has 10 nitrogen and oxygen atoms in total. The predicted molar refractivity (Wildman–Crippen MR) is 156 cm³/mol. The van der Waals surface area contributed by atoms with E-state index in [4.69, 9.17) is 32.3 Å². The van der Waals surface area contributed by atoms with Gasteiger partial charge in [0.15, 0.2) is 11.9 Å². The lowest BCUT2D eigenvalue weighted by Crippen LogP contribution is -2.51. The molecule has 4 heterocycles. The Labute approximate surface area is 224 Å². The Kier molecular flexibility index (Phi) is 8.62. The van der Waals surface area contributed by atoms with Gasteiger partial charge < -0.3 is 31.1 Å². The van der Waals surface area contributed by atoms with E-state index in [0.717, 1.165) is 86.2 Å². The molecule has 200 valence electrons. The smallest absolute Gasteiger partial charge is 0.188 e. The van der Waals surface area contributed by atoms with Gasteiger partial charge in [-0.05, 0) is 41.5 Å². The van der Waals surface area contributed by atoms with Crippen molar-refractivity contribution < 1.29 is 0 Å². The van der Waals surface area contributed by atoms with Gasteiger partial charge in [0.2, 0.25) is 0 Å². The molecule has 0 bridgehead atoms. The standard InChI is InChI=1S/C26H32N10.C2H6/c27-25(28)35-12-8-33(9-13-35)23-6-4-21(17-31-23)19-2-1-3-20(16-19)22-5-7-24(32-18-22)34-10-14-36(15-11-34)26(29)30;1-2/h1-7,16-18H,8-15H2,(H3,27,28)(H3,29,30);1-2H3. The maximum absolute atomic E-state index is 7.59. The summed E-state index contributed by atoms with van der Waals surface area (Å²) in [6.07, 6.45) is 3.85. The molecule has 5 rings (SSSR count). The summed E-state index contributed by atoms with van der Waals surface area (Å²) in [6.45, 7) is 10.2. The zero-order valence-electron chi connectivity index (χ0n) is 22.3. The number of guanidine groups is 2. The van der Waals surface area contributed by atoms with Crippen molar-refractivity contribution in [1.82, 2.24) is 19.8 Å². The van der Waals surface area contributed by atoms with Crippen LogP contribution in [0.5, 0.6) is 0 Å². The lowest BCUT2D eigenvalue weighted by molar-refractivity contribution is 0.379. The predicted octanol–water partition coefficient (Wildman–Crippen LogP) is 2.87. The minimum absolute atomic E-state index is 0.134. The van der Waals surface area contributed by atoms with E-state index in [0.29, 0.717) is 0 Å². The topological polar surface area (TPSA) is 138 Å². The number of nitrogens with one attached hydrogen (secondary N) is 2. The van der Waals surface area contributed by atoms with Crippen LogP contribution in [0.1, 0.15) is 13.8 Å². The fourth-order valence-corrected chi connectivity index (χ4v) is 4.72. The molecule has 2 aliphatic heterocycles. The highest BCUT2D eigenvalue weighted by molar-refractivity contribution is 5.76. The minimum Gasteiger partial charge on any atom is -0.370 e. The Morgan fingerprint density at radius 2 is 1.00 bits per heavy atom. The molecule has 3 aromatic rings. The van der Waals surface area contributed by atoms with Gasteiger partial charge in [-0.3, -0.25) is 10.8 Å². The molecular formula is C28H38N10. The van der Waals surface area contributed by atoms with Crippen LogP contribution in [0.2, 0.25) is 0 Å². The highest BCUT2D eigenvalue weighted by Crippen LogP contribution is 2.28. The van der Waals surface area contributed by atoms with E-state index in [1.54, 1.807) is 0 Å². The number of anilines is 2. The third kappa shape index (κ3) is 6.13. The Morgan fingerprint density at radius 1 is 0.605 bits per heavy atom. The molecule has 2 aliphatic rings. The molecule has 0 spiro atoms. The van der Waals surface area contributed by atoms with Crippen molar-refractivity contribution in [1.29, 1.82) is 10.8 Å². The molecule has 0 atom stereocenters. The Balaban J connectivity index is 0.00000164. The minimum atomic E-state index is 0.134. The lowest BCUT2D eigenvalue weighted by Gasteiger charge is -2.35. The van der Waals surface area contributed by atoms with E-state index in [1.165, 1.54) is 0 Å². The fraction of sp³-hybridized carbons (Fsp3) is 0.357. The number of hydrogen-bond donors (Lipinski definition) is 4. The largest absolute Gasteiger partial charge is 0.370 e. The monoisotopic (exact) mass is 514 g/mol. The van der Waals surface area contributed by atoms with Crippen LogP contribution >= 0.6 is 0 Å². The zero-order chi connectivity index (χ0) is 27.1. The molecule has 1 aromatic carbocycles. The third-order valence-corrected chi connectivity index (χ3v) is 6.91. The maximum atomic E-state index is 7.59. The molecule has 10 heteroatoms. The number of aromatic nitrogens is 2. The van der Waals surface area contributed by atoms with Gasteiger partial charge in [0.05, 0.1) is 0 Å². The third-order valence-electron chi connectivity index (χ3n) is 6.91. The molecule has 38 heavy (non-hydrogen) atoms. The highest BCUT2D eigenvalue weighted by Gasteiger charge is 2.20. The number of hydrogen-bond acceptors (Lipinski definition) is 6. The van der Waals surface area contributed by atoms with Gasteiger partial charge in [-0.2, -0.15) is 0 Å². The number of rotatable bonds is 4. The van der Waals surface area contributed by atoms with E-state index in [9.17, 15) is 0 Å². The second kappa shape index (κ2) is 12.3. The fourth-order valence-electron chi connectivity index (χ4n) is 4.72. The number of benzene rings is 1. The van der Waals surface area contributed by atoms with Crippen molar-refractivity contribution in [3.63, 3.8) is 0 Å². The summed E-state index contributed by atoms with van der Waals surface area (Å²) in [5, 5.41) is 15.2. The van der Waals surface area contributed by atoms with Crippen molar-refractivity contribution in [2.45, 2.75) is 13.8 Å². The van der Waals surface area contributed by atoms with Gasteiger partial charge in [0, 0.05) is 75.9 Å². The van der Waals surface area contributed by atoms with Crippen LogP contribution in [-0.4, -0.2) is 84.0 Å². The molecule has 0 saturated carbocycles. The van der Waals surface area contributed by atoms with Gasteiger partial charge in [0.25, 0.3) is 0 Å². The van der Waals surface area contributed by atoms with Crippen molar-refractivity contribution in [3.8, 4) is 22.3 Å². The zero-order valence-corrected chi connectivity index (χ0v) is 22.3. The van der Waals surface area contributed by atoms with E-state index in [-0.39, 0.29) is 11.9 Å². The molecule has 2 aromatic heterocycles. The maximum Gasteiger partial charge on any atom is 0.188 e. The second-order valence-electron chi connectivity index (χ2n) is 9.11. The molecule has 2 fully saturated rings. The van der Waals surface area contributed by atoms with Gasteiger partial charge >= 0.3 is 0 Å². The Morgan fingerprint density at radius 3 is 1.32 bits per heavy atom. The van der Waals surface area contributed by atoms with Crippen LogP contribution in [0.25, 0.3) is 22.3 Å². The van der Waals surface area contributed by atoms with Crippen LogP contribution in [-0.2, 0) is 0 Å². The van der Waals surface area contributed by atoms with Crippen molar-refractivity contribution in [2.75, 3.05) is 62.2 Å². The molecule has 0 radical (unpaired) electrons.